The number of aromatic nitrogens is 5. The van der Waals surface area contributed by atoms with E-state index in [4.69, 9.17) is 4.42 Å². The van der Waals surface area contributed by atoms with Crippen molar-refractivity contribution < 1.29 is 4.42 Å². The molecule has 0 fully saturated rings. The normalized spacial score (nSPS) is 11.0. The monoisotopic (exact) mass is 308 g/mol. The van der Waals surface area contributed by atoms with Crippen LogP contribution >= 0.6 is 0 Å². The molecule has 4 aromatic heterocycles. The Morgan fingerprint density at radius 2 is 2.17 bits per heavy atom. The van der Waals surface area contributed by atoms with E-state index in [1.165, 1.54) is 4.57 Å². The SMILES string of the molecule is Cn1cccc(Nc2nc(-c3ccco3)nc3cn[nH]c23)c1=O. The Bertz CT molecular complexity index is 1030. The number of aryl methyl sites for hydroxylation is 1. The minimum atomic E-state index is -0.154. The maximum Gasteiger partial charge on any atom is 0.274 e. The van der Waals surface area contributed by atoms with Crippen LogP contribution in [0, 0.1) is 0 Å². The van der Waals surface area contributed by atoms with Crippen molar-refractivity contribution in [2.75, 3.05) is 5.32 Å². The summed E-state index contributed by atoms with van der Waals surface area (Å²) in [7, 11) is 1.69. The molecule has 0 aliphatic heterocycles. The molecule has 8 heteroatoms. The van der Waals surface area contributed by atoms with Gasteiger partial charge in [-0.1, -0.05) is 0 Å². The maximum atomic E-state index is 12.2. The molecule has 0 amide bonds. The molecule has 4 heterocycles. The van der Waals surface area contributed by atoms with Gasteiger partial charge >= 0.3 is 0 Å². The van der Waals surface area contributed by atoms with Crippen LogP contribution in [0.3, 0.4) is 0 Å². The highest BCUT2D eigenvalue weighted by Gasteiger charge is 2.14. The van der Waals surface area contributed by atoms with Crippen LogP contribution in [0.4, 0.5) is 11.5 Å². The molecule has 4 aromatic rings. The molecule has 23 heavy (non-hydrogen) atoms. The molecule has 0 aliphatic carbocycles. The van der Waals surface area contributed by atoms with E-state index in [2.05, 4.69) is 25.5 Å². The number of furan rings is 1. The average Bonchev–Trinajstić information content (AvgIpc) is 3.22. The lowest BCUT2D eigenvalue weighted by molar-refractivity contribution is 0.577. The zero-order chi connectivity index (χ0) is 15.8. The summed E-state index contributed by atoms with van der Waals surface area (Å²) < 4.78 is 6.83. The van der Waals surface area contributed by atoms with Crippen molar-refractivity contribution in [1.82, 2.24) is 24.7 Å². The van der Waals surface area contributed by atoms with Crippen molar-refractivity contribution in [3.8, 4) is 11.6 Å². The number of hydrogen-bond donors (Lipinski definition) is 2. The highest BCUT2D eigenvalue weighted by atomic mass is 16.3. The first-order valence-corrected chi connectivity index (χ1v) is 6.90. The Morgan fingerprint density at radius 1 is 1.26 bits per heavy atom. The average molecular weight is 308 g/mol. The Balaban J connectivity index is 1.87. The van der Waals surface area contributed by atoms with Gasteiger partial charge in [-0.15, -0.1) is 0 Å². The van der Waals surface area contributed by atoms with Gasteiger partial charge in [-0.05, 0) is 24.3 Å². The lowest BCUT2D eigenvalue weighted by Crippen LogP contribution is -2.19. The summed E-state index contributed by atoms with van der Waals surface area (Å²) in [5, 5.41) is 9.87. The maximum absolute atomic E-state index is 12.2. The third kappa shape index (κ3) is 2.26. The van der Waals surface area contributed by atoms with Crippen LogP contribution in [-0.4, -0.2) is 24.7 Å². The Labute approximate surface area is 129 Å². The number of nitrogens with zero attached hydrogens (tertiary/aromatic N) is 4. The molecular formula is C15H12N6O2. The van der Waals surface area contributed by atoms with Gasteiger partial charge in [0.2, 0.25) is 0 Å². The number of aromatic amines is 1. The summed E-state index contributed by atoms with van der Waals surface area (Å²) in [5.41, 5.74) is 1.50. The minimum absolute atomic E-state index is 0.154. The van der Waals surface area contributed by atoms with E-state index in [0.717, 1.165) is 0 Å². The Kier molecular flexibility index (Phi) is 2.94. The molecule has 2 N–H and O–H groups in total. The predicted octanol–water partition coefficient (Wildman–Crippen LogP) is 2.06. The van der Waals surface area contributed by atoms with Gasteiger partial charge in [-0.25, -0.2) is 9.97 Å². The fourth-order valence-corrected chi connectivity index (χ4v) is 2.27. The Hall–Kier alpha value is -3.42. The fraction of sp³-hybridized carbons (Fsp3) is 0.0667. The molecule has 0 atom stereocenters. The van der Waals surface area contributed by atoms with Gasteiger partial charge in [0.05, 0.1) is 12.5 Å². The minimum Gasteiger partial charge on any atom is -0.461 e. The first kappa shape index (κ1) is 13.3. The number of fused-ring (bicyclic) bond motifs is 1. The molecule has 0 aromatic carbocycles. The van der Waals surface area contributed by atoms with Crippen LogP contribution in [0.1, 0.15) is 0 Å². The van der Waals surface area contributed by atoms with Crippen LogP contribution in [0.2, 0.25) is 0 Å². The van der Waals surface area contributed by atoms with E-state index in [9.17, 15) is 4.79 Å². The summed E-state index contributed by atoms with van der Waals surface area (Å²) in [6, 6.07) is 7.01. The van der Waals surface area contributed by atoms with E-state index >= 15 is 0 Å². The third-order valence-electron chi connectivity index (χ3n) is 3.42. The second-order valence-electron chi connectivity index (χ2n) is 4.97. The smallest absolute Gasteiger partial charge is 0.274 e. The topological polar surface area (TPSA) is 102 Å². The second kappa shape index (κ2) is 5.09. The summed E-state index contributed by atoms with van der Waals surface area (Å²) in [4.78, 5) is 21.0. The van der Waals surface area contributed by atoms with Gasteiger partial charge in [0.15, 0.2) is 17.4 Å². The van der Waals surface area contributed by atoms with Gasteiger partial charge in [0, 0.05) is 13.2 Å². The van der Waals surface area contributed by atoms with Crippen molar-refractivity contribution in [3.05, 3.63) is 53.3 Å². The summed E-state index contributed by atoms with van der Waals surface area (Å²) in [6.45, 7) is 0. The molecule has 0 saturated heterocycles. The zero-order valence-corrected chi connectivity index (χ0v) is 12.1. The highest BCUT2D eigenvalue weighted by molar-refractivity contribution is 5.88. The van der Waals surface area contributed by atoms with Gasteiger partial charge in [0.25, 0.3) is 5.56 Å². The second-order valence-corrected chi connectivity index (χ2v) is 4.97. The Morgan fingerprint density at radius 3 is 3.00 bits per heavy atom. The quantitative estimate of drug-likeness (QED) is 0.600. The van der Waals surface area contributed by atoms with E-state index < -0.39 is 0 Å². The zero-order valence-electron chi connectivity index (χ0n) is 12.1. The molecule has 0 bridgehead atoms. The first-order chi connectivity index (χ1) is 11.2. The van der Waals surface area contributed by atoms with Crippen molar-refractivity contribution in [2.24, 2.45) is 7.05 Å². The van der Waals surface area contributed by atoms with Gasteiger partial charge in [-0.2, -0.15) is 5.10 Å². The number of nitrogens with one attached hydrogen (secondary N) is 2. The van der Waals surface area contributed by atoms with Crippen LogP contribution in [0.25, 0.3) is 22.6 Å². The van der Waals surface area contributed by atoms with E-state index in [-0.39, 0.29) is 5.56 Å². The number of hydrogen-bond acceptors (Lipinski definition) is 6. The first-order valence-electron chi connectivity index (χ1n) is 6.90. The van der Waals surface area contributed by atoms with Gasteiger partial charge in [-0.3, -0.25) is 9.89 Å². The molecule has 0 saturated carbocycles. The molecule has 0 unspecified atom stereocenters. The van der Waals surface area contributed by atoms with E-state index in [0.29, 0.717) is 34.1 Å². The van der Waals surface area contributed by atoms with E-state index in [1.807, 2.05) is 0 Å². The lowest BCUT2D eigenvalue weighted by Gasteiger charge is -2.08. The van der Waals surface area contributed by atoms with Crippen molar-refractivity contribution in [3.63, 3.8) is 0 Å². The number of H-pyrrole nitrogens is 1. The fourth-order valence-electron chi connectivity index (χ4n) is 2.27. The molecule has 0 spiro atoms. The largest absolute Gasteiger partial charge is 0.461 e. The molecule has 8 nitrogen and oxygen atoms in total. The molecular weight excluding hydrogens is 296 g/mol. The summed E-state index contributed by atoms with van der Waals surface area (Å²) in [5.74, 6) is 1.42. The molecule has 4 rings (SSSR count). The highest BCUT2D eigenvalue weighted by Crippen LogP contribution is 2.25. The predicted molar refractivity (Wildman–Crippen MR) is 84.4 cm³/mol. The van der Waals surface area contributed by atoms with Crippen molar-refractivity contribution in [2.45, 2.75) is 0 Å². The van der Waals surface area contributed by atoms with Crippen LogP contribution in [0.5, 0.6) is 0 Å². The van der Waals surface area contributed by atoms with Crippen molar-refractivity contribution in [1.29, 1.82) is 0 Å². The van der Waals surface area contributed by atoms with E-state index in [1.54, 1.807) is 50.0 Å². The number of pyridine rings is 1. The van der Waals surface area contributed by atoms with Crippen LogP contribution in [-0.2, 0) is 7.05 Å². The van der Waals surface area contributed by atoms with Gasteiger partial charge in [0.1, 0.15) is 16.7 Å². The third-order valence-corrected chi connectivity index (χ3v) is 3.42. The number of rotatable bonds is 3. The lowest BCUT2D eigenvalue weighted by atomic mass is 10.3. The molecule has 0 radical (unpaired) electrons. The standard InChI is InChI=1S/C15H12N6O2/c1-21-6-2-4-9(15(21)22)17-14-12-10(8-16-20-12)18-13(19-14)11-5-3-7-23-11/h2-8H,1H3,(H,16,20)(H,17,18,19). The van der Waals surface area contributed by atoms with Crippen LogP contribution in [0.15, 0.2) is 52.1 Å². The van der Waals surface area contributed by atoms with Crippen molar-refractivity contribution >= 4 is 22.5 Å². The van der Waals surface area contributed by atoms with Crippen LogP contribution < -0.4 is 10.9 Å². The summed E-state index contributed by atoms with van der Waals surface area (Å²) in [6.07, 6.45) is 4.84. The molecule has 114 valence electrons. The molecule has 0 aliphatic rings. The number of anilines is 2. The summed E-state index contributed by atoms with van der Waals surface area (Å²) >= 11 is 0. The van der Waals surface area contributed by atoms with Gasteiger partial charge < -0.3 is 14.3 Å².